The molecule has 3 rings (SSSR count). The molecular formula is C15H10ClN5O2. The number of benzene rings is 2. The van der Waals surface area contributed by atoms with Crippen LogP contribution in [0, 0.1) is 10.1 Å². The first kappa shape index (κ1) is 14.9. The lowest BCUT2D eigenvalue weighted by Crippen LogP contribution is -1.99. The summed E-state index contributed by atoms with van der Waals surface area (Å²) in [5.41, 5.74) is 3.11. The van der Waals surface area contributed by atoms with Gasteiger partial charge in [0.25, 0.3) is 5.69 Å². The molecule has 0 aliphatic carbocycles. The molecule has 8 heteroatoms. The van der Waals surface area contributed by atoms with Crippen LogP contribution in [-0.2, 0) is 0 Å². The van der Waals surface area contributed by atoms with Crippen LogP contribution in [0.25, 0.3) is 10.8 Å². The van der Waals surface area contributed by atoms with Crippen LogP contribution in [0.1, 0.15) is 5.56 Å². The summed E-state index contributed by atoms with van der Waals surface area (Å²) in [7, 11) is 0. The van der Waals surface area contributed by atoms with E-state index in [1.807, 2.05) is 24.3 Å². The summed E-state index contributed by atoms with van der Waals surface area (Å²) in [6, 6.07) is 13.7. The number of aromatic nitrogens is 2. The van der Waals surface area contributed by atoms with Crippen LogP contribution in [0.5, 0.6) is 0 Å². The van der Waals surface area contributed by atoms with Gasteiger partial charge in [0.1, 0.15) is 0 Å². The molecule has 23 heavy (non-hydrogen) atoms. The molecule has 1 N–H and O–H groups in total. The van der Waals surface area contributed by atoms with Crippen molar-refractivity contribution in [3.8, 4) is 0 Å². The number of nitro benzene ring substituents is 1. The fourth-order valence-electron chi connectivity index (χ4n) is 2.08. The van der Waals surface area contributed by atoms with Gasteiger partial charge in [0.15, 0.2) is 11.0 Å². The van der Waals surface area contributed by atoms with Crippen molar-refractivity contribution in [2.75, 3.05) is 5.43 Å². The van der Waals surface area contributed by atoms with Gasteiger partial charge >= 0.3 is 0 Å². The lowest BCUT2D eigenvalue weighted by Gasteiger charge is -2.04. The van der Waals surface area contributed by atoms with Crippen molar-refractivity contribution in [3.63, 3.8) is 0 Å². The Bertz CT molecular complexity index is 913. The largest absolute Gasteiger partial charge is 0.278 e. The summed E-state index contributed by atoms with van der Waals surface area (Å²) in [5.74, 6) is 0.417. The summed E-state index contributed by atoms with van der Waals surface area (Å²) in [5, 5.41) is 24.6. The number of hydrogen-bond donors (Lipinski definition) is 1. The molecule has 0 atom stereocenters. The Labute approximate surface area is 135 Å². The molecule has 0 saturated heterocycles. The van der Waals surface area contributed by atoms with E-state index < -0.39 is 4.92 Å². The molecule has 1 aromatic heterocycles. The number of halogens is 1. The number of para-hydroxylation sites is 1. The predicted molar refractivity (Wildman–Crippen MR) is 88.9 cm³/mol. The number of hydrogen-bond acceptors (Lipinski definition) is 6. The van der Waals surface area contributed by atoms with Crippen LogP contribution >= 0.6 is 11.6 Å². The average molecular weight is 328 g/mol. The maximum Gasteiger partial charge on any atom is 0.278 e. The van der Waals surface area contributed by atoms with E-state index in [9.17, 15) is 10.1 Å². The van der Waals surface area contributed by atoms with Crippen molar-refractivity contribution in [2.45, 2.75) is 0 Å². The Kier molecular flexibility index (Phi) is 4.11. The van der Waals surface area contributed by atoms with Gasteiger partial charge in [-0.1, -0.05) is 48.0 Å². The first-order chi connectivity index (χ1) is 11.2. The minimum Gasteiger partial charge on any atom is -0.259 e. The van der Waals surface area contributed by atoms with Crippen LogP contribution in [0.15, 0.2) is 53.6 Å². The Balaban J connectivity index is 1.90. The van der Waals surface area contributed by atoms with Crippen molar-refractivity contribution < 1.29 is 4.92 Å². The van der Waals surface area contributed by atoms with E-state index in [1.54, 1.807) is 18.2 Å². The minimum atomic E-state index is -0.459. The van der Waals surface area contributed by atoms with Crippen molar-refractivity contribution in [1.82, 2.24) is 10.2 Å². The zero-order chi connectivity index (χ0) is 16.2. The summed E-state index contributed by atoms with van der Waals surface area (Å²) in [4.78, 5) is 10.5. The Hall–Kier alpha value is -3.06. The molecule has 0 saturated carbocycles. The molecule has 0 radical (unpaired) electrons. The van der Waals surface area contributed by atoms with Gasteiger partial charge < -0.3 is 0 Å². The van der Waals surface area contributed by atoms with E-state index in [0.717, 1.165) is 10.8 Å². The van der Waals surface area contributed by atoms with E-state index in [4.69, 9.17) is 11.6 Å². The van der Waals surface area contributed by atoms with Crippen molar-refractivity contribution >= 4 is 40.1 Å². The highest BCUT2D eigenvalue weighted by molar-refractivity contribution is 6.34. The lowest BCUT2D eigenvalue weighted by molar-refractivity contribution is -0.385. The molecule has 0 amide bonds. The molecular weight excluding hydrogens is 318 g/mol. The quantitative estimate of drug-likeness (QED) is 0.448. The fraction of sp³-hybridized carbons (Fsp3) is 0. The maximum absolute atomic E-state index is 11.0. The number of anilines is 1. The predicted octanol–water partition coefficient (Wildman–Crippen LogP) is 3.64. The van der Waals surface area contributed by atoms with Gasteiger partial charge in [-0.2, -0.15) is 5.10 Å². The number of nitrogens with one attached hydrogen (secondary N) is 1. The summed E-state index contributed by atoms with van der Waals surface area (Å²) >= 11 is 6.00. The number of nitro groups is 1. The molecule has 0 spiro atoms. The molecule has 1 heterocycles. The lowest BCUT2D eigenvalue weighted by atomic mass is 10.2. The van der Waals surface area contributed by atoms with Crippen LogP contribution in [0.3, 0.4) is 0 Å². The fourth-order valence-corrected chi connectivity index (χ4v) is 2.28. The molecule has 0 aliphatic heterocycles. The second-order valence-corrected chi connectivity index (χ2v) is 4.93. The van der Waals surface area contributed by atoms with Crippen LogP contribution < -0.4 is 5.43 Å². The van der Waals surface area contributed by atoms with Gasteiger partial charge in [-0.15, -0.1) is 10.2 Å². The van der Waals surface area contributed by atoms with Crippen molar-refractivity contribution in [1.29, 1.82) is 0 Å². The topological polar surface area (TPSA) is 93.3 Å². The molecule has 7 nitrogen and oxygen atoms in total. The highest BCUT2D eigenvalue weighted by Gasteiger charge is 2.10. The SMILES string of the molecule is O=[N+]([O-])c1ccccc1/C=N\Nc1nnc(Cl)c2ccccc12. The zero-order valence-electron chi connectivity index (χ0n) is 11.7. The molecule has 0 bridgehead atoms. The van der Waals surface area contributed by atoms with E-state index in [0.29, 0.717) is 16.5 Å². The summed E-state index contributed by atoms with van der Waals surface area (Å²) in [6.07, 6.45) is 1.36. The normalized spacial score (nSPS) is 11.0. The molecule has 0 fully saturated rings. The second-order valence-electron chi connectivity index (χ2n) is 4.57. The molecule has 3 aromatic rings. The molecule has 0 aliphatic rings. The average Bonchev–Trinajstić information content (AvgIpc) is 2.57. The number of fused-ring (bicyclic) bond motifs is 1. The van der Waals surface area contributed by atoms with E-state index in [-0.39, 0.29) is 5.69 Å². The third-order valence-electron chi connectivity index (χ3n) is 3.15. The van der Waals surface area contributed by atoms with Crippen LogP contribution in [0.4, 0.5) is 11.5 Å². The van der Waals surface area contributed by atoms with Gasteiger partial charge in [-0.3, -0.25) is 15.5 Å². The van der Waals surface area contributed by atoms with Crippen molar-refractivity contribution in [3.05, 3.63) is 69.4 Å². The van der Waals surface area contributed by atoms with Gasteiger partial charge in [-0.25, -0.2) is 0 Å². The maximum atomic E-state index is 11.0. The van der Waals surface area contributed by atoms with Gasteiger partial charge in [0, 0.05) is 16.8 Å². The monoisotopic (exact) mass is 327 g/mol. The third-order valence-corrected chi connectivity index (χ3v) is 3.43. The smallest absolute Gasteiger partial charge is 0.259 e. The van der Waals surface area contributed by atoms with Crippen molar-refractivity contribution in [2.24, 2.45) is 5.10 Å². The van der Waals surface area contributed by atoms with E-state index in [1.165, 1.54) is 12.3 Å². The van der Waals surface area contributed by atoms with Gasteiger partial charge in [-0.05, 0) is 6.07 Å². The second kappa shape index (κ2) is 6.37. The third kappa shape index (κ3) is 3.09. The Morgan fingerprint density at radius 3 is 2.57 bits per heavy atom. The first-order valence-electron chi connectivity index (χ1n) is 6.60. The van der Waals surface area contributed by atoms with E-state index >= 15 is 0 Å². The number of rotatable bonds is 4. The molecule has 2 aromatic carbocycles. The van der Waals surface area contributed by atoms with Crippen LogP contribution in [-0.4, -0.2) is 21.3 Å². The van der Waals surface area contributed by atoms with Gasteiger partial charge in [0.05, 0.1) is 16.7 Å². The zero-order valence-corrected chi connectivity index (χ0v) is 12.4. The van der Waals surface area contributed by atoms with Gasteiger partial charge in [0.2, 0.25) is 0 Å². The molecule has 0 unspecified atom stereocenters. The number of nitrogens with zero attached hydrogens (tertiary/aromatic N) is 4. The first-order valence-corrected chi connectivity index (χ1v) is 6.98. The highest BCUT2D eigenvalue weighted by Crippen LogP contribution is 2.25. The Morgan fingerprint density at radius 2 is 1.78 bits per heavy atom. The van der Waals surface area contributed by atoms with Crippen LogP contribution in [0.2, 0.25) is 5.15 Å². The minimum absolute atomic E-state index is 0.0231. The highest BCUT2D eigenvalue weighted by atomic mass is 35.5. The summed E-state index contributed by atoms with van der Waals surface area (Å²) in [6.45, 7) is 0. The number of hydrazone groups is 1. The standard InChI is InChI=1S/C15H10ClN5O2/c16-14-11-6-2-3-7-12(11)15(20-18-14)19-17-9-10-5-1-4-8-13(10)21(22)23/h1-9H,(H,19,20)/b17-9-. The Morgan fingerprint density at radius 1 is 1.09 bits per heavy atom. The molecule has 114 valence electrons. The summed E-state index contributed by atoms with van der Waals surface area (Å²) < 4.78 is 0. The van der Waals surface area contributed by atoms with E-state index in [2.05, 4.69) is 20.7 Å².